The zero-order valence-electron chi connectivity index (χ0n) is 14.8. The third-order valence-corrected chi connectivity index (χ3v) is 3.87. The van der Waals surface area contributed by atoms with Crippen LogP contribution in [-0.2, 0) is 0 Å². The average molecular weight is 370 g/mol. The van der Waals surface area contributed by atoms with Crippen molar-refractivity contribution in [1.82, 2.24) is 24.6 Å². The van der Waals surface area contributed by atoms with E-state index in [1.54, 1.807) is 22.6 Å². The number of aromatic nitrogens is 5. The van der Waals surface area contributed by atoms with Gasteiger partial charge < -0.3 is 10.1 Å². The first-order valence-electron chi connectivity index (χ1n) is 8.32. The van der Waals surface area contributed by atoms with Crippen molar-refractivity contribution in [2.24, 2.45) is 0 Å². The van der Waals surface area contributed by atoms with E-state index < -0.39 is 0 Å². The summed E-state index contributed by atoms with van der Waals surface area (Å²) in [6.07, 6.45) is 4.67. The molecular weight excluding hydrogens is 356 g/mol. The van der Waals surface area contributed by atoms with E-state index in [-0.39, 0.29) is 11.8 Å². The van der Waals surface area contributed by atoms with E-state index in [0.29, 0.717) is 22.6 Å². The molecule has 1 amide bonds. The lowest BCUT2D eigenvalue weighted by Crippen LogP contribution is -2.13. The van der Waals surface area contributed by atoms with Gasteiger partial charge in [-0.3, -0.25) is 9.20 Å². The van der Waals surface area contributed by atoms with Crippen LogP contribution < -0.4 is 10.1 Å². The fourth-order valence-electron chi connectivity index (χ4n) is 2.55. The third-order valence-electron chi connectivity index (χ3n) is 3.87. The standard InChI is InChI=1S/C20H14N6O2/c1-28-20-16(12-21-13-22-20)23-19(27)15-6-4-5-14(11-15)8-9-18-25-24-17-7-2-3-10-26(17)18/h2-7,10-13H,1H3,(H,23,27). The summed E-state index contributed by atoms with van der Waals surface area (Å²) in [5.74, 6) is 6.50. The number of nitrogens with zero attached hydrogens (tertiary/aromatic N) is 5. The quantitative estimate of drug-likeness (QED) is 0.556. The number of rotatable bonds is 3. The molecule has 4 aromatic rings. The Balaban J connectivity index is 1.57. The molecule has 0 bridgehead atoms. The van der Waals surface area contributed by atoms with Gasteiger partial charge in [0.05, 0.1) is 13.3 Å². The lowest BCUT2D eigenvalue weighted by Gasteiger charge is -2.08. The zero-order chi connectivity index (χ0) is 19.3. The number of benzene rings is 1. The van der Waals surface area contributed by atoms with Crippen LogP contribution in [0.4, 0.5) is 5.69 Å². The lowest BCUT2D eigenvalue weighted by atomic mass is 10.1. The Morgan fingerprint density at radius 3 is 2.96 bits per heavy atom. The number of anilines is 1. The molecule has 3 aromatic heterocycles. The summed E-state index contributed by atoms with van der Waals surface area (Å²) in [6, 6.07) is 12.6. The van der Waals surface area contributed by atoms with Gasteiger partial charge in [0.15, 0.2) is 5.65 Å². The van der Waals surface area contributed by atoms with Crippen molar-refractivity contribution >= 4 is 17.2 Å². The Morgan fingerprint density at radius 2 is 2.07 bits per heavy atom. The number of amides is 1. The monoisotopic (exact) mass is 370 g/mol. The molecule has 0 aliphatic heterocycles. The molecule has 28 heavy (non-hydrogen) atoms. The van der Waals surface area contributed by atoms with Crippen LogP contribution in [0.15, 0.2) is 61.2 Å². The number of methoxy groups -OCH3 is 1. The zero-order valence-corrected chi connectivity index (χ0v) is 14.8. The van der Waals surface area contributed by atoms with E-state index in [0.717, 1.165) is 5.65 Å². The molecule has 136 valence electrons. The molecule has 0 aliphatic rings. The van der Waals surface area contributed by atoms with Crippen LogP contribution in [0.1, 0.15) is 21.7 Å². The second-order valence-electron chi connectivity index (χ2n) is 5.68. The Hall–Kier alpha value is -4.25. The molecule has 1 N–H and O–H groups in total. The van der Waals surface area contributed by atoms with Crippen molar-refractivity contribution in [3.8, 4) is 17.7 Å². The molecule has 0 spiro atoms. The minimum Gasteiger partial charge on any atom is -0.479 e. The highest BCUT2D eigenvalue weighted by atomic mass is 16.5. The maximum Gasteiger partial charge on any atom is 0.255 e. The van der Waals surface area contributed by atoms with Gasteiger partial charge in [-0.1, -0.05) is 18.1 Å². The summed E-state index contributed by atoms with van der Waals surface area (Å²) in [4.78, 5) is 20.4. The summed E-state index contributed by atoms with van der Waals surface area (Å²) in [6.45, 7) is 0. The van der Waals surface area contributed by atoms with Gasteiger partial charge in [-0.15, -0.1) is 10.2 Å². The fourth-order valence-corrected chi connectivity index (χ4v) is 2.55. The molecule has 8 heteroatoms. The minimum absolute atomic E-state index is 0.290. The maximum absolute atomic E-state index is 12.5. The number of hydrogen-bond donors (Lipinski definition) is 1. The molecule has 0 saturated carbocycles. The van der Waals surface area contributed by atoms with Crippen molar-refractivity contribution in [3.05, 3.63) is 78.1 Å². The van der Waals surface area contributed by atoms with Crippen molar-refractivity contribution in [2.45, 2.75) is 0 Å². The van der Waals surface area contributed by atoms with Gasteiger partial charge in [0, 0.05) is 17.3 Å². The number of pyridine rings is 1. The smallest absolute Gasteiger partial charge is 0.255 e. The van der Waals surface area contributed by atoms with E-state index in [1.807, 2.05) is 30.5 Å². The molecule has 4 rings (SSSR count). The topological polar surface area (TPSA) is 94.3 Å². The lowest BCUT2D eigenvalue weighted by molar-refractivity contribution is 0.102. The van der Waals surface area contributed by atoms with Crippen molar-refractivity contribution in [3.63, 3.8) is 0 Å². The highest BCUT2D eigenvalue weighted by molar-refractivity contribution is 6.05. The molecule has 0 fully saturated rings. The summed E-state index contributed by atoms with van der Waals surface area (Å²) in [7, 11) is 1.47. The Labute approximate surface area is 160 Å². The first-order valence-corrected chi connectivity index (χ1v) is 8.32. The molecule has 8 nitrogen and oxygen atoms in total. The number of hydrogen-bond acceptors (Lipinski definition) is 6. The SMILES string of the molecule is COc1ncncc1NC(=O)c1cccc(C#Cc2nnc3ccccn23)c1. The number of ether oxygens (including phenoxy) is 1. The van der Waals surface area contributed by atoms with Crippen LogP contribution >= 0.6 is 0 Å². The summed E-state index contributed by atoms with van der Waals surface area (Å²) < 4.78 is 6.91. The van der Waals surface area contributed by atoms with Gasteiger partial charge in [0.25, 0.3) is 5.91 Å². The van der Waals surface area contributed by atoms with Crippen molar-refractivity contribution in [2.75, 3.05) is 12.4 Å². The van der Waals surface area contributed by atoms with Gasteiger partial charge in [0.1, 0.15) is 12.0 Å². The average Bonchev–Trinajstić information content (AvgIpc) is 3.16. The molecule has 0 aliphatic carbocycles. The van der Waals surface area contributed by atoms with Gasteiger partial charge in [-0.25, -0.2) is 4.98 Å². The summed E-state index contributed by atoms with van der Waals surface area (Å²) >= 11 is 0. The number of carbonyl (C=O) groups excluding carboxylic acids is 1. The van der Waals surface area contributed by atoms with Crippen LogP contribution in [0.3, 0.4) is 0 Å². The number of carbonyl (C=O) groups is 1. The van der Waals surface area contributed by atoms with Crippen molar-refractivity contribution < 1.29 is 9.53 Å². The molecule has 0 radical (unpaired) electrons. The molecule has 0 saturated heterocycles. The third kappa shape index (κ3) is 3.50. The van der Waals surface area contributed by atoms with Crippen LogP contribution in [-0.4, -0.2) is 37.6 Å². The first-order chi connectivity index (χ1) is 13.7. The maximum atomic E-state index is 12.5. The molecule has 1 aromatic carbocycles. The summed E-state index contributed by atoms with van der Waals surface area (Å²) in [5, 5.41) is 10.9. The largest absolute Gasteiger partial charge is 0.479 e. The normalized spacial score (nSPS) is 10.2. The highest BCUT2D eigenvalue weighted by Gasteiger charge is 2.11. The van der Waals surface area contributed by atoms with Crippen LogP contribution in [0.5, 0.6) is 5.88 Å². The van der Waals surface area contributed by atoms with Crippen LogP contribution in [0.25, 0.3) is 5.65 Å². The van der Waals surface area contributed by atoms with E-state index in [9.17, 15) is 4.79 Å². The Kier molecular flexibility index (Phi) is 4.63. The second kappa shape index (κ2) is 7.55. The molecule has 3 heterocycles. The number of fused-ring (bicyclic) bond motifs is 1. The predicted molar refractivity (Wildman–Crippen MR) is 102 cm³/mol. The van der Waals surface area contributed by atoms with Crippen LogP contribution in [0, 0.1) is 11.8 Å². The van der Waals surface area contributed by atoms with Crippen LogP contribution in [0.2, 0.25) is 0 Å². The first kappa shape index (κ1) is 17.2. The van der Waals surface area contributed by atoms with E-state index in [4.69, 9.17) is 4.74 Å². The molecule has 0 atom stereocenters. The molecule has 0 unspecified atom stereocenters. The minimum atomic E-state index is -0.315. The van der Waals surface area contributed by atoms with Gasteiger partial charge >= 0.3 is 0 Å². The van der Waals surface area contributed by atoms with Crippen molar-refractivity contribution in [1.29, 1.82) is 0 Å². The van der Waals surface area contributed by atoms with E-state index in [2.05, 4.69) is 37.3 Å². The van der Waals surface area contributed by atoms with E-state index in [1.165, 1.54) is 19.6 Å². The Morgan fingerprint density at radius 1 is 1.14 bits per heavy atom. The van der Waals surface area contributed by atoms with Gasteiger partial charge in [-0.2, -0.15) is 4.98 Å². The predicted octanol–water partition coefficient (Wildman–Crippen LogP) is 2.18. The summed E-state index contributed by atoms with van der Waals surface area (Å²) in [5.41, 5.74) is 2.24. The second-order valence-corrected chi connectivity index (χ2v) is 5.68. The van der Waals surface area contributed by atoms with Gasteiger partial charge in [-0.05, 0) is 36.3 Å². The highest BCUT2D eigenvalue weighted by Crippen LogP contribution is 2.19. The van der Waals surface area contributed by atoms with E-state index >= 15 is 0 Å². The molecular formula is C20H14N6O2. The van der Waals surface area contributed by atoms with Gasteiger partial charge in [0.2, 0.25) is 11.7 Å². The fraction of sp³-hybridized carbons (Fsp3) is 0.0500. The Bertz CT molecular complexity index is 1220. The number of nitrogens with one attached hydrogen (secondary N) is 1.